The standard InChI is InChI=1S/C22H19BrN2O2S/c1-14-3-9-18(10-4-14)27-12-11-25-13-24-21-20(22(25)26)19(15(2)28-21)16-5-7-17(23)8-6-16/h3-10,13H,11-12H2,1-2H3. The normalized spacial score (nSPS) is 11.1. The molecule has 0 radical (unpaired) electrons. The molecule has 2 aromatic carbocycles. The van der Waals surface area contributed by atoms with Gasteiger partial charge in [-0.2, -0.15) is 0 Å². The molecule has 0 saturated carbocycles. The van der Waals surface area contributed by atoms with Crippen LogP contribution < -0.4 is 10.3 Å². The summed E-state index contributed by atoms with van der Waals surface area (Å²) in [5, 5.41) is 0.683. The number of halogens is 1. The molecule has 0 N–H and O–H groups in total. The van der Waals surface area contributed by atoms with E-state index in [4.69, 9.17) is 4.74 Å². The number of aryl methyl sites for hydroxylation is 2. The largest absolute Gasteiger partial charge is 0.492 e. The van der Waals surface area contributed by atoms with Crippen LogP contribution in [0.15, 0.2) is 64.1 Å². The highest BCUT2D eigenvalue weighted by molar-refractivity contribution is 9.10. The van der Waals surface area contributed by atoms with Gasteiger partial charge < -0.3 is 4.74 Å². The van der Waals surface area contributed by atoms with Crippen molar-refractivity contribution in [2.45, 2.75) is 20.4 Å². The number of hydrogen-bond acceptors (Lipinski definition) is 4. The molecule has 0 bridgehead atoms. The average Bonchev–Trinajstić information content (AvgIpc) is 3.03. The first-order valence-corrected chi connectivity index (χ1v) is 10.6. The lowest BCUT2D eigenvalue weighted by Gasteiger charge is -2.09. The van der Waals surface area contributed by atoms with Crippen LogP contribution in [-0.4, -0.2) is 16.2 Å². The van der Waals surface area contributed by atoms with Crippen LogP contribution >= 0.6 is 27.3 Å². The van der Waals surface area contributed by atoms with Gasteiger partial charge in [-0.3, -0.25) is 9.36 Å². The molecule has 28 heavy (non-hydrogen) atoms. The first-order chi connectivity index (χ1) is 13.5. The number of benzene rings is 2. The highest BCUT2D eigenvalue weighted by Gasteiger charge is 2.16. The van der Waals surface area contributed by atoms with Crippen LogP contribution in [0.25, 0.3) is 21.3 Å². The Balaban J connectivity index is 1.64. The summed E-state index contributed by atoms with van der Waals surface area (Å²) in [6.07, 6.45) is 1.62. The highest BCUT2D eigenvalue weighted by atomic mass is 79.9. The molecule has 0 aliphatic carbocycles. The molecule has 0 atom stereocenters. The van der Waals surface area contributed by atoms with E-state index in [9.17, 15) is 4.79 Å². The van der Waals surface area contributed by atoms with E-state index >= 15 is 0 Å². The van der Waals surface area contributed by atoms with Gasteiger partial charge in [0.1, 0.15) is 17.2 Å². The molecule has 2 aromatic heterocycles. The van der Waals surface area contributed by atoms with Crippen molar-refractivity contribution in [1.82, 2.24) is 9.55 Å². The lowest BCUT2D eigenvalue weighted by atomic mass is 10.0. The van der Waals surface area contributed by atoms with Gasteiger partial charge >= 0.3 is 0 Å². The Hall–Kier alpha value is -2.44. The smallest absolute Gasteiger partial charge is 0.262 e. The number of thiophene rings is 1. The number of aromatic nitrogens is 2. The molecule has 0 aliphatic heterocycles. The fraction of sp³-hybridized carbons (Fsp3) is 0.182. The second-order valence-electron chi connectivity index (χ2n) is 6.62. The van der Waals surface area contributed by atoms with Crippen molar-refractivity contribution < 1.29 is 4.74 Å². The molecule has 0 aliphatic rings. The van der Waals surface area contributed by atoms with E-state index in [1.165, 1.54) is 5.56 Å². The predicted molar refractivity (Wildman–Crippen MR) is 118 cm³/mol. The zero-order valence-electron chi connectivity index (χ0n) is 15.6. The zero-order chi connectivity index (χ0) is 19.7. The Labute approximate surface area is 175 Å². The van der Waals surface area contributed by atoms with E-state index < -0.39 is 0 Å². The molecule has 6 heteroatoms. The average molecular weight is 455 g/mol. The number of nitrogens with zero attached hydrogens (tertiary/aromatic N) is 2. The maximum atomic E-state index is 13.2. The van der Waals surface area contributed by atoms with E-state index in [-0.39, 0.29) is 5.56 Å². The fourth-order valence-corrected chi connectivity index (χ4v) is 4.42. The molecule has 4 rings (SSSR count). The lowest BCUT2D eigenvalue weighted by molar-refractivity contribution is 0.296. The van der Waals surface area contributed by atoms with Gasteiger partial charge in [0.15, 0.2) is 0 Å². The van der Waals surface area contributed by atoms with Gasteiger partial charge in [-0.05, 0) is 43.7 Å². The minimum atomic E-state index is -0.0280. The van der Waals surface area contributed by atoms with E-state index in [0.29, 0.717) is 18.5 Å². The van der Waals surface area contributed by atoms with Crippen molar-refractivity contribution in [2.24, 2.45) is 0 Å². The third-order valence-electron chi connectivity index (χ3n) is 4.61. The molecule has 2 heterocycles. The van der Waals surface area contributed by atoms with Gasteiger partial charge in [0, 0.05) is 14.9 Å². The minimum absolute atomic E-state index is 0.0280. The number of hydrogen-bond donors (Lipinski definition) is 0. The molecule has 142 valence electrons. The van der Waals surface area contributed by atoms with Gasteiger partial charge in [-0.25, -0.2) is 4.98 Å². The highest BCUT2D eigenvalue weighted by Crippen LogP contribution is 2.35. The third-order valence-corrected chi connectivity index (χ3v) is 6.15. The van der Waals surface area contributed by atoms with Crippen LogP contribution in [0.2, 0.25) is 0 Å². The summed E-state index contributed by atoms with van der Waals surface area (Å²) in [5.41, 5.74) is 3.16. The Morgan fingerprint density at radius 2 is 1.79 bits per heavy atom. The van der Waals surface area contributed by atoms with Gasteiger partial charge in [-0.1, -0.05) is 45.8 Å². The van der Waals surface area contributed by atoms with Gasteiger partial charge in [0.25, 0.3) is 5.56 Å². The van der Waals surface area contributed by atoms with Gasteiger partial charge in [-0.15, -0.1) is 11.3 Å². The first-order valence-electron chi connectivity index (χ1n) is 8.97. The molecule has 0 spiro atoms. The van der Waals surface area contributed by atoms with Crippen molar-refractivity contribution in [2.75, 3.05) is 6.61 Å². The SMILES string of the molecule is Cc1ccc(OCCn2cnc3sc(C)c(-c4ccc(Br)cc4)c3c2=O)cc1. The van der Waals surface area contributed by atoms with E-state index in [2.05, 4.69) is 20.9 Å². The summed E-state index contributed by atoms with van der Waals surface area (Å²) in [7, 11) is 0. The van der Waals surface area contributed by atoms with Crippen molar-refractivity contribution in [1.29, 1.82) is 0 Å². The van der Waals surface area contributed by atoms with Gasteiger partial charge in [0.05, 0.1) is 18.3 Å². The summed E-state index contributed by atoms with van der Waals surface area (Å²) in [5.74, 6) is 0.801. The molecule has 4 aromatic rings. The molecule has 0 saturated heterocycles. The van der Waals surface area contributed by atoms with Crippen LogP contribution in [-0.2, 0) is 6.54 Å². The molecule has 0 unspecified atom stereocenters. The molecular weight excluding hydrogens is 436 g/mol. The summed E-state index contributed by atoms with van der Waals surface area (Å²) in [6, 6.07) is 15.9. The second-order valence-corrected chi connectivity index (χ2v) is 8.74. The van der Waals surface area contributed by atoms with E-state index in [1.54, 1.807) is 22.2 Å². The summed E-state index contributed by atoms with van der Waals surface area (Å²) < 4.78 is 8.42. The first kappa shape index (κ1) is 18.9. The fourth-order valence-electron chi connectivity index (χ4n) is 3.16. The lowest BCUT2D eigenvalue weighted by Crippen LogP contribution is -2.23. The molecule has 4 nitrogen and oxygen atoms in total. The van der Waals surface area contributed by atoms with Crippen molar-refractivity contribution in [3.63, 3.8) is 0 Å². The van der Waals surface area contributed by atoms with Crippen LogP contribution in [0, 0.1) is 13.8 Å². The zero-order valence-corrected chi connectivity index (χ0v) is 18.0. The van der Waals surface area contributed by atoms with Crippen molar-refractivity contribution >= 4 is 37.5 Å². The van der Waals surface area contributed by atoms with Gasteiger partial charge in [0.2, 0.25) is 0 Å². The maximum Gasteiger partial charge on any atom is 0.262 e. The Morgan fingerprint density at radius 1 is 1.07 bits per heavy atom. The Morgan fingerprint density at radius 3 is 2.50 bits per heavy atom. The van der Waals surface area contributed by atoms with Crippen LogP contribution in [0.1, 0.15) is 10.4 Å². The minimum Gasteiger partial charge on any atom is -0.492 e. The maximum absolute atomic E-state index is 13.2. The summed E-state index contributed by atoms with van der Waals surface area (Å²) in [4.78, 5) is 19.5. The monoisotopic (exact) mass is 454 g/mol. The van der Waals surface area contributed by atoms with Crippen molar-refractivity contribution in [3.05, 3.63) is 80.1 Å². The summed E-state index contributed by atoms with van der Waals surface area (Å²) >= 11 is 5.02. The Kier molecular flexibility index (Phi) is 5.33. The molecule has 0 fully saturated rings. The Bertz CT molecular complexity index is 1180. The number of rotatable bonds is 5. The summed E-state index contributed by atoms with van der Waals surface area (Å²) in [6.45, 7) is 4.93. The quantitative estimate of drug-likeness (QED) is 0.395. The molecule has 0 amide bonds. The van der Waals surface area contributed by atoms with Crippen LogP contribution in [0.5, 0.6) is 5.75 Å². The topological polar surface area (TPSA) is 44.1 Å². The van der Waals surface area contributed by atoms with Crippen LogP contribution in [0.4, 0.5) is 0 Å². The van der Waals surface area contributed by atoms with E-state index in [1.807, 2.05) is 62.4 Å². The van der Waals surface area contributed by atoms with Crippen LogP contribution in [0.3, 0.4) is 0 Å². The third kappa shape index (κ3) is 3.75. The number of ether oxygens (including phenoxy) is 1. The second kappa shape index (κ2) is 7.89. The van der Waals surface area contributed by atoms with Crippen molar-refractivity contribution in [3.8, 4) is 16.9 Å². The number of fused-ring (bicyclic) bond motifs is 1. The van der Waals surface area contributed by atoms with E-state index in [0.717, 1.165) is 31.1 Å². The molecular formula is C22H19BrN2O2S. The predicted octanol–water partition coefficient (Wildman–Crippen LogP) is 5.58.